The van der Waals surface area contributed by atoms with Gasteiger partial charge in [0.05, 0.1) is 5.54 Å². The molecule has 0 saturated heterocycles. The second kappa shape index (κ2) is 4.53. The molecule has 1 aromatic rings. The predicted octanol–water partition coefficient (Wildman–Crippen LogP) is 2.70. The largest absolute Gasteiger partial charge is 0.339 e. The zero-order chi connectivity index (χ0) is 11.6. The van der Waals surface area contributed by atoms with Crippen LogP contribution in [0.1, 0.15) is 70.0 Å². The Hall–Kier alpha value is -0.900. The summed E-state index contributed by atoms with van der Waals surface area (Å²) in [6.45, 7) is 4.10. The monoisotopic (exact) mass is 223 g/mol. The first kappa shape index (κ1) is 11.6. The highest BCUT2D eigenvalue weighted by Gasteiger charge is 2.33. The van der Waals surface area contributed by atoms with Gasteiger partial charge in [-0.2, -0.15) is 4.98 Å². The lowest BCUT2D eigenvalue weighted by Crippen LogP contribution is -2.37. The van der Waals surface area contributed by atoms with E-state index in [-0.39, 0.29) is 11.5 Å². The molecule has 0 atom stereocenters. The Labute approximate surface area is 96.6 Å². The van der Waals surface area contributed by atoms with Crippen LogP contribution in [-0.2, 0) is 5.54 Å². The zero-order valence-electron chi connectivity index (χ0n) is 10.2. The number of hydrogen-bond donors (Lipinski definition) is 1. The van der Waals surface area contributed by atoms with Crippen LogP contribution in [0.3, 0.4) is 0 Å². The molecule has 16 heavy (non-hydrogen) atoms. The first-order chi connectivity index (χ1) is 7.62. The van der Waals surface area contributed by atoms with Crippen LogP contribution < -0.4 is 5.73 Å². The van der Waals surface area contributed by atoms with Gasteiger partial charge in [0, 0.05) is 5.92 Å². The molecule has 2 N–H and O–H groups in total. The summed E-state index contributed by atoms with van der Waals surface area (Å²) in [6.07, 6.45) is 6.83. The highest BCUT2D eigenvalue weighted by molar-refractivity contribution is 5.05. The number of rotatable bonds is 2. The average Bonchev–Trinajstić information content (AvgIpc) is 2.64. The molecule has 1 aliphatic carbocycles. The SMILES string of the molecule is CC(C)c1nc(C2(N)CCCCCC2)no1. The molecule has 0 radical (unpaired) electrons. The molecule has 0 bridgehead atoms. The van der Waals surface area contributed by atoms with Gasteiger partial charge in [0.1, 0.15) is 0 Å². The molecule has 0 amide bonds. The maximum absolute atomic E-state index is 6.41. The number of nitrogens with zero attached hydrogens (tertiary/aromatic N) is 2. The Morgan fingerprint density at radius 1 is 1.19 bits per heavy atom. The maximum Gasteiger partial charge on any atom is 0.229 e. The summed E-state index contributed by atoms with van der Waals surface area (Å²) in [6, 6.07) is 0. The fraction of sp³-hybridized carbons (Fsp3) is 0.833. The van der Waals surface area contributed by atoms with Crippen molar-refractivity contribution < 1.29 is 4.52 Å². The molecule has 1 saturated carbocycles. The first-order valence-electron chi connectivity index (χ1n) is 6.25. The smallest absolute Gasteiger partial charge is 0.229 e. The molecule has 90 valence electrons. The van der Waals surface area contributed by atoms with Crippen molar-refractivity contribution in [3.8, 4) is 0 Å². The summed E-state index contributed by atoms with van der Waals surface area (Å²) in [4.78, 5) is 4.44. The Morgan fingerprint density at radius 3 is 2.31 bits per heavy atom. The van der Waals surface area contributed by atoms with E-state index in [0.717, 1.165) is 12.8 Å². The Bertz CT molecular complexity index is 338. The van der Waals surface area contributed by atoms with Crippen LogP contribution in [-0.4, -0.2) is 10.1 Å². The minimum Gasteiger partial charge on any atom is -0.339 e. The molecule has 4 nitrogen and oxygen atoms in total. The third-order valence-corrected chi connectivity index (χ3v) is 3.38. The Morgan fingerprint density at radius 2 is 1.81 bits per heavy atom. The van der Waals surface area contributed by atoms with E-state index in [1.165, 1.54) is 25.7 Å². The maximum atomic E-state index is 6.41. The van der Waals surface area contributed by atoms with Crippen LogP contribution >= 0.6 is 0 Å². The van der Waals surface area contributed by atoms with Gasteiger partial charge >= 0.3 is 0 Å². The molecule has 1 fully saturated rings. The summed E-state index contributed by atoms with van der Waals surface area (Å²) in [5, 5.41) is 4.06. The molecular formula is C12H21N3O. The summed E-state index contributed by atoms with van der Waals surface area (Å²) in [7, 11) is 0. The molecule has 0 spiro atoms. The van der Waals surface area contributed by atoms with Crippen molar-refractivity contribution in [1.29, 1.82) is 0 Å². The van der Waals surface area contributed by atoms with Crippen molar-refractivity contribution in [1.82, 2.24) is 10.1 Å². The quantitative estimate of drug-likeness (QED) is 0.783. The second-order valence-corrected chi connectivity index (χ2v) is 5.18. The fourth-order valence-electron chi connectivity index (χ4n) is 2.26. The second-order valence-electron chi connectivity index (χ2n) is 5.18. The summed E-state index contributed by atoms with van der Waals surface area (Å²) < 4.78 is 5.24. The van der Waals surface area contributed by atoms with E-state index in [2.05, 4.69) is 10.1 Å². The van der Waals surface area contributed by atoms with Crippen molar-refractivity contribution in [2.45, 2.75) is 63.8 Å². The number of nitrogens with two attached hydrogens (primary N) is 1. The molecule has 1 aliphatic rings. The summed E-state index contributed by atoms with van der Waals surface area (Å²) in [5.74, 6) is 1.68. The van der Waals surface area contributed by atoms with E-state index < -0.39 is 0 Å². The van der Waals surface area contributed by atoms with Crippen LogP contribution in [0.2, 0.25) is 0 Å². The normalized spacial score (nSPS) is 21.0. The summed E-state index contributed by atoms with van der Waals surface area (Å²) in [5.41, 5.74) is 6.05. The molecule has 0 aromatic carbocycles. The van der Waals surface area contributed by atoms with Crippen LogP contribution in [0.15, 0.2) is 4.52 Å². The van der Waals surface area contributed by atoms with Crippen molar-refractivity contribution in [2.75, 3.05) is 0 Å². The average molecular weight is 223 g/mol. The van der Waals surface area contributed by atoms with E-state index in [1.54, 1.807) is 0 Å². The van der Waals surface area contributed by atoms with Crippen LogP contribution in [0.5, 0.6) is 0 Å². The van der Waals surface area contributed by atoms with Gasteiger partial charge in [-0.25, -0.2) is 0 Å². The van der Waals surface area contributed by atoms with Gasteiger partial charge in [0.2, 0.25) is 5.89 Å². The molecule has 4 heteroatoms. The molecule has 1 aromatic heterocycles. The number of hydrogen-bond acceptors (Lipinski definition) is 4. The van der Waals surface area contributed by atoms with Crippen LogP contribution in [0.4, 0.5) is 0 Å². The van der Waals surface area contributed by atoms with Gasteiger partial charge in [-0.1, -0.05) is 44.7 Å². The fourth-order valence-corrected chi connectivity index (χ4v) is 2.26. The molecular weight excluding hydrogens is 202 g/mol. The third kappa shape index (κ3) is 2.26. The highest BCUT2D eigenvalue weighted by Crippen LogP contribution is 2.32. The molecule has 2 rings (SSSR count). The Kier molecular flexibility index (Phi) is 3.28. The minimum absolute atomic E-state index is 0.274. The van der Waals surface area contributed by atoms with Gasteiger partial charge in [-0.3, -0.25) is 0 Å². The lowest BCUT2D eigenvalue weighted by molar-refractivity contribution is 0.320. The van der Waals surface area contributed by atoms with Gasteiger partial charge in [-0.15, -0.1) is 0 Å². The van der Waals surface area contributed by atoms with Crippen LogP contribution in [0, 0.1) is 0 Å². The minimum atomic E-state index is -0.354. The topological polar surface area (TPSA) is 64.9 Å². The van der Waals surface area contributed by atoms with E-state index in [1.807, 2.05) is 13.8 Å². The predicted molar refractivity (Wildman–Crippen MR) is 62.0 cm³/mol. The first-order valence-corrected chi connectivity index (χ1v) is 6.25. The van der Waals surface area contributed by atoms with E-state index in [4.69, 9.17) is 10.3 Å². The van der Waals surface area contributed by atoms with Crippen molar-refractivity contribution in [3.05, 3.63) is 11.7 Å². The van der Waals surface area contributed by atoms with Gasteiger partial charge in [0.15, 0.2) is 5.82 Å². The summed E-state index contributed by atoms with van der Waals surface area (Å²) >= 11 is 0. The van der Waals surface area contributed by atoms with Gasteiger partial charge in [0.25, 0.3) is 0 Å². The standard InChI is InChI=1S/C12H21N3O/c1-9(2)10-14-11(15-16-10)12(13)7-5-3-4-6-8-12/h9H,3-8,13H2,1-2H3. The molecule has 1 heterocycles. The molecule has 0 unspecified atom stereocenters. The van der Waals surface area contributed by atoms with Crippen LogP contribution in [0.25, 0.3) is 0 Å². The van der Waals surface area contributed by atoms with Gasteiger partial charge < -0.3 is 10.3 Å². The zero-order valence-corrected chi connectivity index (χ0v) is 10.2. The highest BCUT2D eigenvalue weighted by atomic mass is 16.5. The van der Waals surface area contributed by atoms with E-state index in [0.29, 0.717) is 11.7 Å². The lowest BCUT2D eigenvalue weighted by atomic mass is 9.91. The van der Waals surface area contributed by atoms with Crippen molar-refractivity contribution in [3.63, 3.8) is 0 Å². The van der Waals surface area contributed by atoms with Gasteiger partial charge in [-0.05, 0) is 12.8 Å². The third-order valence-electron chi connectivity index (χ3n) is 3.38. The molecule has 0 aliphatic heterocycles. The van der Waals surface area contributed by atoms with E-state index in [9.17, 15) is 0 Å². The van der Waals surface area contributed by atoms with E-state index >= 15 is 0 Å². The van der Waals surface area contributed by atoms with Crippen molar-refractivity contribution >= 4 is 0 Å². The lowest BCUT2D eigenvalue weighted by Gasteiger charge is -2.23. The van der Waals surface area contributed by atoms with Crippen molar-refractivity contribution in [2.24, 2.45) is 5.73 Å². The number of aromatic nitrogens is 2. The Balaban J connectivity index is 2.19.